The molecule has 0 saturated heterocycles. The molecule has 1 aliphatic rings. The summed E-state index contributed by atoms with van der Waals surface area (Å²) < 4.78 is 0. The number of hydrogen-bond donors (Lipinski definition) is 0. The maximum atomic E-state index is 12.3. The Morgan fingerprint density at radius 2 is 1.68 bits per heavy atom. The van der Waals surface area contributed by atoms with Crippen molar-refractivity contribution in [1.82, 2.24) is 0 Å². The fraction of sp³-hybridized carbons (Fsp3) is 0.611. The van der Waals surface area contributed by atoms with Crippen molar-refractivity contribution in [2.24, 2.45) is 5.92 Å². The second-order valence-corrected chi connectivity index (χ2v) is 5.93. The lowest BCUT2D eigenvalue weighted by Crippen LogP contribution is -2.08. The van der Waals surface area contributed by atoms with Gasteiger partial charge in [-0.1, -0.05) is 76.1 Å². The average Bonchev–Trinajstić information content (AvgIpc) is 2.68. The van der Waals surface area contributed by atoms with E-state index in [9.17, 15) is 4.79 Å². The standard InChI is InChI=1S/C18H26O/c1-2-7-15-10-12-17(13-11-15)18(19)14-16-8-5-3-4-6-9-16/h10-13,16H,2-9,14H2,1H3. The Morgan fingerprint density at radius 1 is 1.05 bits per heavy atom. The molecule has 19 heavy (non-hydrogen) atoms. The lowest BCUT2D eigenvalue weighted by atomic mass is 9.92. The molecule has 104 valence electrons. The van der Waals surface area contributed by atoms with Gasteiger partial charge >= 0.3 is 0 Å². The Morgan fingerprint density at radius 3 is 2.26 bits per heavy atom. The van der Waals surface area contributed by atoms with Gasteiger partial charge < -0.3 is 0 Å². The second-order valence-electron chi connectivity index (χ2n) is 5.93. The molecule has 1 fully saturated rings. The summed E-state index contributed by atoms with van der Waals surface area (Å²) in [5, 5.41) is 0. The van der Waals surface area contributed by atoms with Gasteiger partial charge in [-0.25, -0.2) is 0 Å². The third-order valence-corrected chi connectivity index (χ3v) is 4.26. The van der Waals surface area contributed by atoms with E-state index < -0.39 is 0 Å². The van der Waals surface area contributed by atoms with E-state index in [0.29, 0.717) is 11.7 Å². The molecule has 1 aromatic carbocycles. The van der Waals surface area contributed by atoms with Gasteiger partial charge in [-0.05, 0) is 17.9 Å². The van der Waals surface area contributed by atoms with Crippen LogP contribution < -0.4 is 0 Å². The number of benzene rings is 1. The Labute approximate surface area is 117 Å². The van der Waals surface area contributed by atoms with Gasteiger partial charge in [0.25, 0.3) is 0 Å². The zero-order valence-corrected chi connectivity index (χ0v) is 12.2. The normalized spacial score (nSPS) is 17.1. The molecular weight excluding hydrogens is 232 g/mol. The van der Waals surface area contributed by atoms with E-state index in [0.717, 1.165) is 24.8 Å². The van der Waals surface area contributed by atoms with Crippen molar-refractivity contribution >= 4 is 5.78 Å². The molecule has 0 aliphatic heterocycles. The van der Waals surface area contributed by atoms with Gasteiger partial charge in [0.05, 0.1) is 0 Å². The first kappa shape index (κ1) is 14.3. The van der Waals surface area contributed by atoms with E-state index in [4.69, 9.17) is 0 Å². The maximum absolute atomic E-state index is 12.3. The first-order valence-corrected chi connectivity index (χ1v) is 7.91. The van der Waals surface area contributed by atoms with Crippen LogP contribution in [0.25, 0.3) is 0 Å². The van der Waals surface area contributed by atoms with Crippen molar-refractivity contribution < 1.29 is 4.79 Å². The molecule has 0 heterocycles. The van der Waals surface area contributed by atoms with Gasteiger partial charge in [0.1, 0.15) is 0 Å². The molecule has 0 radical (unpaired) electrons. The Hall–Kier alpha value is -1.11. The van der Waals surface area contributed by atoms with Crippen molar-refractivity contribution in [2.45, 2.75) is 64.7 Å². The summed E-state index contributed by atoms with van der Waals surface area (Å²) in [6.45, 7) is 2.19. The van der Waals surface area contributed by atoms with Crippen LogP contribution in [-0.2, 0) is 6.42 Å². The molecular formula is C18H26O. The molecule has 0 N–H and O–H groups in total. The maximum Gasteiger partial charge on any atom is 0.163 e. The van der Waals surface area contributed by atoms with Crippen LogP contribution in [0, 0.1) is 5.92 Å². The number of hydrogen-bond acceptors (Lipinski definition) is 1. The van der Waals surface area contributed by atoms with Gasteiger partial charge in [0.15, 0.2) is 5.78 Å². The summed E-state index contributed by atoms with van der Waals surface area (Å²) in [5.74, 6) is 0.972. The van der Waals surface area contributed by atoms with Gasteiger partial charge in [-0.2, -0.15) is 0 Å². The van der Waals surface area contributed by atoms with Crippen LogP contribution in [0.3, 0.4) is 0 Å². The minimum atomic E-state index is 0.343. The molecule has 0 bridgehead atoms. The Bertz CT molecular complexity index is 383. The van der Waals surface area contributed by atoms with Crippen LogP contribution in [0.4, 0.5) is 0 Å². The summed E-state index contributed by atoms with van der Waals surface area (Å²) >= 11 is 0. The molecule has 0 amide bonds. The fourth-order valence-electron chi connectivity index (χ4n) is 3.09. The highest BCUT2D eigenvalue weighted by Gasteiger charge is 2.17. The van der Waals surface area contributed by atoms with Crippen molar-refractivity contribution in [3.8, 4) is 0 Å². The topological polar surface area (TPSA) is 17.1 Å². The number of aryl methyl sites for hydroxylation is 1. The molecule has 0 atom stereocenters. The average molecular weight is 258 g/mol. The molecule has 0 spiro atoms. The zero-order chi connectivity index (χ0) is 13.5. The summed E-state index contributed by atoms with van der Waals surface area (Å²) in [5.41, 5.74) is 2.25. The van der Waals surface area contributed by atoms with Gasteiger partial charge in [0, 0.05) is 12.0 Å². The molecule has 0 unspecified atom stereocenters. The number of Topliss-reactive ketones (excluding diaryl/α,β-unsaturated/α-hetero) is 1. The van der Waals surface area contributed by atoms with Crippen molar-refractivity contribution in [1.29, 1.82) is 0 Å². The predicted octanol–water partition coefficient (Wildman–Crippen LogP) is 5.18. The monoisotopic (exact) mass is 258 g/mol. The van der Waals surface area contributed by atoms with Crippen LogP contribution in [0.15, 0.2) is 24.3 Å². The molecule has 2 rings (SSSR count). The minimum absolute atomic E-state index is 0.343. The number of rotatable bonds is 5. The van der Waals surface area contributed by atoms with Gasteiger partial charge in [0.2, 0.25) is 0 Å². The van der Waals surface area contributed by atoms with Crippen LogP contribution in [-0.4, -0.2) is 5.78 Å². The molecule has 1 saturated carbocycles. The lowest BCUT2D eigenvalue weighted by Gasteiger charge is -2.12. The zero-order valence-electron chi connectivity index (χ0n) is 12.2. The van der Waals surface area contributed by atoms with E-state index in [1.54, 1.807) is 0 Å². The molecule has 1 aromatic rings. The van der Waals surface area contributed by atoms with Crippen molar-refractivity contribution in [3.63, 3.8) is 0 Å². The first-order valence-electron chi connectivity index (χ1n) is 7.91. The second kappa shape index (κ2) is 7.47. The molecule has 1 aliphatic carbocycles. The quantitative estimate of drug-likeness (QED) is 0.525. The largest absolute Gasteiger partial charge is 0.294 e. The summed E-state index contributed by atoms with van der Waals surface area (Å²) in [6, 6.07) is 8.27. The van der Waals surface area contributed by atoms with Crippen LogP contribution in [0.2, 0.25) is 0 Å². The third-order valence-electron chi connectivity index (χ3n) is 4.26. The Balaban J connectivity index is 1.91. The smallest absolute Gasteiger partial charge is 0.163 e. The fourth-order valence-corrected chi connectivity index (χ4v) is 3.09. The van der Waals surface area contributed by atoms with Crippen molar-refractivity contribution in [2.75, 3.05) is 0 Å². The summed E-state index contributed by atoms with van der Waals surface area (Å²) in [6.07, 6.45) is 10.9. The Kier molecular flexibility index (Phi) is 5.62. The van der Waals surface area contributed by atoms with E-state index in [2.05, 4.69) is 19.1 Å². The SMILES string of the molecule is CCCc1ccc(C(=O)CC2CCCCCC2)cc1. The molecule has 1 nitrogen and oxygen atoms in total. The summed E-state index contributed by atoms with van der Waals surface area (Å²) in [7, 11) is 0. The predicted molar refractivity (Wildman–Crippen MR) is 80.6 cm³/mol. The van der Waals surface area contributed by atoms with Gasteiger partial charge in [-0.15, -0.1) is 0 Å². The highest BCUT2D eigenvalue weighted by atomic mass is 16.1. The molecule has 1 heteroatoms. The van der Waals surface area contributed by atoms with E-state index in [-0.39, 0.29) is 0 Å². The van der Waals surface area contributed by atoms with E-state index in [1.807, 2.05) is 12.1 Å². The number of carbonyl (C=O) groups excluding carboxylic acids is 1. The number of carbonyl (C=O) groups is 1. The van der Waals surface area contributed by atoms with Crippen LogP contribution in [0.5, 0.6) is 0 Å². The highest BCUT2D eigenvalue weighted by Crippen LogP contribution is 2.26. The third kappa shape index (κ3) is 4.49. The minimum Gasteiger partial charge on any atom is -0.294 e. The van der Waals surface area contributed by atoms with Crippen LogP contribution in [0.1, 0.15) is 74.2 Å². The molecule has 0 aromatic heterocycles. The summed E-state index contributed by atoms with van der Waals surface area (Å²) in [4.78, 5) is 12.3. The van der Waals surface area contributed by atoms with Crippen molar-refractivity contribution in [3.05, 3.63) is 35.4 Å². The van der Waals surface area contributed by atoms with E-state index >= 15 is 0 Å². The van der Waals surface area contributed by atoms with E-state index in [1.165, 1.54) is 44.1 Å². The first-order chi connectivity index (χ1) is 9.29. The lowest BCUT2D eigenvalue weighted by molar-refractivity contribution is 0.0957. The number of ketones is 1. The van der Waals surface area contributed by atoms with Crippen LogP contribution >= 0.6 is 0 Å². The highest BCUT2D eigenvalue weighted by molar-refractivity contribution is 5.96. The van der Waals surface area contributed by atoms with Gasteiger partial charge in [-0.3, -0.25) is 4.79 Å².